The summed E-state index contributed by atoms with van der Waals surface area (Å²) in [7, 11) is 0. The highest BCUT2D eigenvalue weighted by molar-refractivity contribution is 14.1. The summed E-state index contributed by atoms with van der Waals surface area (Å²) in [5.74, 6) is 0.506. The van der Waals surface area contributed by atoms with Crippen molar-refractivity contribution in [2.24, 2.45) is 0 Å². The van der Waals surface area contributed by atoms with Crippen LogP contribution in [0, 0.1) is 3.57 Å². The van der Waals surface area contributed by atoms with Crippen LogP contribution in [0.25, 0.3) is 12.2 Å². The van der Waals surface area contributed by atoms with E-state index in [-0.39, 0.29) is 0 Å². The fraction of sp³-hybridized carbons (Fsp3) is 0.333. The number of fused-ring (bicyclic) bond motifs is 2. The summed E-state index contributed by atoms with van der Waals surface area (Å²) in [5, 5.41) is 3.65. The summed E-state index contributed by atoms with van der Waals surface area (Å²) in [4.78, 5) is 0. The van der Waals surface area contributed by atoms with E-state index >= 15 is 0 Å². The van der Waals surface area contributed by atoms with Crippen LogP contribution >= 0.6 is 22.6 Å². The summed E-state index contributed by atoms with van der Waals surface area (Å²) in [5.41, 5.74) is 5.72. The molecule has 118 valence electrons. The summed E-state index contributed by atoms with van der Waals surface area (Å²) >= 11 is 2.43. The van der Waals surface area contributed by atoms with E-state index in [1.807, 2.05) is 0 Å². The monoisotopic (exact) mass is 415 g/mol. The number of hydrogen-bond donors (Lipinski definition) is 1. The van der Waals surface area contributed by atoms with Gasteiger partial charge in [-0.3, -0.25) is 0 Å². The normalized spacial score (nSPS) is 19.1. The molecule has 23 heavy (non-hydrogen) atoms. The zero-order chi connectivity index (χ0) is 15.6. The molecular formula is C21H22IN. The number of benzene rings is 2. The lowest BCUT2D eigenvalue weighted by Gasteiger charge is -2.21. The Labute approximate surface area is 152 Å². The Balaban J connectivity index is 1.63. The molecule has 0 radical (unpaired) electrons. The molecule has 0 spiro atoms. The van der Waals surface area contributed by atoms with Gasteiger partial charge in [-0.25, -0.2) is 0 Å². The van der Waals surface area contributed by atoms with E-state index in [9.17, 15) is 0 Å². The summed E-state index contributed by atoms with van der Waals surface area (Å²) in [6.07, 6.45) is 9.76. The van der Waals surface area contributed by atoms with Crippen molar-refractivity contribution in [3.63, 3.8) is 0 Å². The van der Waals surface area contributed by atoms with E-state index in [2.05, 4.69) is 82.5 Å². The molecule has 0 saturated heterocycles. The lowest BCUT2D eigenvalue weighted by molar-refractivity contribution is 0.590. The summed E-state index contributed by atoms with van der Waals surface area (Å²) < 4.78 is 1.33. The van der Waals surface area contributed by atoms with Gasteiger partial charge in [0.05, 0.1) is 0 Å². The molecular weight excluding hydrogens is 393 g/mol. The van der Waals surface area contributed by atoms with Crippen molar-refractivity contribution < 1.29 is 0 Å². The van der Waals surface area contributed by atoms with E-state index in [0.717, 1.165) is 12.6 Å². The third kappa shape index (κ3) is 3.53. The fourth-order valence-electron chi connectivity index (χ4n) is 3.54. The topological polar surface area (TPSA) is 12.0 Å². The molecule has 2 aliphatic carbocycles. The first-order valence-electron chi connectivity index (χ1n) is 8.61. The number of halogens is 1. The third-order valence-electron chi connectivity index (χ3n) is 4.92. The molecule has 0 heterocycles. The van der Waals surface area contributed by atoms with Crippen molar-refractivity contribution in [3.8, 4) is 0 Å². The van der Waals surface area contributed by atoms with Gasteiger partial charge < -0.3 is 5.32 Å². The highest BCUT2D eigenvalue weighted by Crippen LogP contribution is 2.38. The second kappa shape index (κ2) is 6.78. The first-order valence-corrected chi connectivity index (χ1v) is 9.69. The van der Waals surface area contributed by atoms with E-state index in [1.54, 1.807) is 0 Å². The summed E-state index contributed by atoms with van der Waals surface area (Å²) in [6, 6.07) is 16.6. The molecule has 0 bridgehead atoms. The van der Waals surface area contributed by atoms with Gasteiger partial charge >= 0.3 is 0 Å². The average molecular weight is 415 g/mol. The molecule has 1 saturated carbocycles. The molecule has 1 unspecified atom stereocenters. The Kier molecular flexibility index (Phi) is 4.54. The molecule has 1 fully saturated rings. The molecule has 1 atom stereocenters. The first-order chi connectivity index (χ1) is 11.3. The molecule has 4 rings (SSSR count). The van der Waals surface area contributed by atoms with Crippen LogP contribution in [0.3, 0.4) is 0 Å². The second-order valence-electron chi connectivity index (χ2n) is 6.66. The lowest BCUT2D eigenvalue weighted by Crippen LogP contribution is -2.18. The van der Waals surface area contributed by atoms with Crippen molar-refractivity contribution in [2.45, 2.75) is 37.6 Å². The van der Waals surface area contributed by atoms with E-state index in [0.29, 0.717) is 5.92 Å². The SMILES string of the molecule is Ic1ccc2c(c1)C(CCCNC1CC1)c1ccccc1C=C2. The zero-order valence-corrected chi connectivity index (χ0v) is 15.4. The Bertz CT molecular complexity index is 730. The van der Waals surface area contributed by atoms with Crippen molar-refractivity contribution >= 4 is 34.7 Å². The number of rotatable bonds is 5. The Morgan fingerprint density at radius 2 is 1.74 bits per heavy atom. The minimum Gasteiger partial charge on any atom is -0.314 e. The van der Waals surface area contributed by atoms with Crippen molar-refractivity contribution in [1.82, 2.24) is 5.32 Å². The van der Waals surface area contributed by atoms with Crippen molar-refractivity contribution in [3.05, 3.63) is 68.3 Å². The van der Waals surface area contributed by atoms with Crippen LogP contribution in [0.1, 0.15) is 53.9 Å². The molecule has 1 nitrogen and oxygen atoms in total. The molecule has 2 aliphatic rings. The van der Waals surface area contributed by atoms with Crippen LogP contribution in [-0.2, 0) is 0 Å². The van der Waals surface area contributed by atoms with Gasteiger partial charge in [-0.2, -0.15) is 0 Å². The molecule has 0 aliphatic heterocycles. The van der Waals surface area contributed by atoms with Gasteiger partial charge in [0.1, 0.15) is 0 Å². The predicted molar refractivity (Wildman–Crippen MR) is 107 cm³/mol. The molecule has 1 N–H and O–H groups in total. The van der Waals surface area contributed by atoms with Crippen LogP contribution in [0.4, 0.5) is 0 Å². The largest absolute Gasteiger partial charge is 0.314 e. The standard InChI is InChI=1S/C21H22IN/c22-17-10-9-16-8-7-15-4-1-2-5-19(15)20(21(16)14-17)6-3-13-23-18-11-12-18/h1-2,4-5,7-10,14,18,20,23H,3,6,11-13H2. The lowest BCUT2D eigenvalue weighted by atomic mass is 9.84. The van der Waals surface area contributed by atoms with Gasteiger partial charge in [-0.1, -0.05) is 42.5 Å². The van der Waals surface area contributed by atoms with E-state index < -0.39 is 0 Å². The van der Waals surface area contributed by atoms with Crippen LogP contribution in [0.5, 0.6) is 0 Å². The average Bonchev–Trinajstić information content (AvgIpc) is 3.39. The zero-order valence-electron chi connectivity index (χ0n) is 13.3. The second-order valence-corrected chi connectivity index (χ2v) is 7.90. The minimum atomic E-state index is 0.506. The predicted octanol–water partition coefficient (Wildman–Crippen LogP) is 5.44. The first kappa shape index (κ1) is 15.4. The number of hydrogen-bond acceptors (Lipinski definition) is 1. The third-order valence-corrected chi connectivity index (χ3v) is 5.59. The van der Waals surface area contributed by atoms with Gasteiger partial charge in [0.15, 0.2) is 0 Å². The smallest absolute Gasteiger partial charge is 0.0133 e. The highest BCUT2D eigenvalue weighted by Gasteiger charge is 2.23. The van der Waals surface area contributed by atoms with Crippen LogP contribution in [-0.4, -0.2) is 12.6 Å². The Hall–Kier alpha value is -1.13. The molecule has 2 aromatic carbocycles. The maximum Gasteiger partial charge on any atom is 0.0133 e. The van der Waals surface area contributed by atoms with E-state index in [1.165, 1.54) is 51.5 Å². The van der Waals surface area contributed by atoms with Crippen molar-refractivity contribution in [2.75, 3.05) is 6.54 Å². The maximum atomic E-state index is 3.65. The van der Waals surface area contributed by atoms with Crippen molar-refractivity contribution in [1.29, 1.82) is 0 Å². The summed E-state index contributed by atoms with van der Waals surface area (Å²) in [6.45, 7) is 1.15. The minimum absolute atomic E-state index is 0.506. The molecule has 2 heteroatoms. The quantitative estimate of drug-likeness (QED) is 0.507. The molecule has 0 aromatic heterocycles. The Morgan fingerprint density at radius 1 is 0.957 bits per heavy atom. The van der Waals surface area contributed by atoms with Crippen LogP contribution in [0.2, 0.25) is 0 Å². The highest BCUT2D eigenvalue weighted by atomic mass is 127. The van der Waals surface area contributed by atoms with E-state index in [4.69, 9.17) is 0 Å². The molecule has 2 aromatic rings. The van der Waals surface area contributed by atoms with Gasteiger partial charge in [-0.15, -0.1) is 0 Å². The van der Waals surface area contributed by atoms with Gasteiger partial charge in [0.2, 0.25) is 0 Å². The number of nitrogens with one attached hydrogen (secondary N) is 1. The molecule has 0 amide bonds. The van der Waals surface area contributed by atoms with Gasteiger partial charge in [-0.05, 0) is 89.2 Å². The maximum absolute atomic E-state index is 3.65. The Morgan fingerprint density at radius 3 is 2.57 bits per heavy atom. The van der Waals surface area contributed by atoms with Gasteiger partial charge in [0.25, 0.3) is 0 Å². The van der Waals surface area contributed by atoms with Gasteiger partial charge in [0, 0.05) is 15.5 Å². The fourth-order valence-corrected chi connectivity index (χ4v) is 4.05. The van der Waals surface area contributed by atoms with Crippen LogP contribution in [0.15, 0.2) is 42.5 Å². The van der Waals surface area contributed by atoms with Crippen LogP contribution < -0.4 is 5.32 Å².